The summed E-state index contributed by atoms with van der Waals surface area (Å²) in [4.78, 5) is 24.0. The van der Waals surface area contributed by atoms with Gasteiger partial charge in [-0.15, -0.1) is 0 Å². The Kier molecular flexibility index (Phi) is 7.10. The van der Waals surface area contributed by atoms with Crippen LogP contribution in [0.5, 0.6) is 11.5 Å². The van der Waals surface area contributed by atoms with Crippen LogP contribution in [0.15, 0.2) is 42.5 Å². The van der Waals surface area contributed by atoms with Crippen LogP contribution < -0.4 is 20.3 Å². The molecule has 7 nitrogen and oxygen atoms in total. The van der Waals surface area contributed by atoms with Crippen molar-refractivity contribution in [1.82, 2.24) is 5.48 Å². The van der Waals surface area contributed by atoms with Crippen LogP contribution in [0.2, 0.25) is 0 Å². The zero-order chi connectivity index (χ0) is 22.5. The average molecular weight is 415 g/mol. The van der Waals surface area contributed by atoms with E-state index in [9.17, 15) is 9.59 Å². The SMILES string of the molecule is CC(C)(C)Oc1ccc(C(=O)Nc2ccc(CC(=O)NO)cc2)cc1OC(C)(C)C. The van der Waals surface area contributed by atoms with Gasteiger partial charge in [0.05, 0.1) is 6.42 Å². The van der Waals surface area contributed by atoms with E-state index in [1.165, 1.54) is 0 Å². The van der Waals surface area contributed by atoms with E-state index >= 15 is 0 Å². The zero-order valence-corrected chi connectivity index (χ0v) is 18.3. The molecule has 162 valence electrons. The van der Waals surface area contributed by atoms with Crippen molar-refractivity contribution in [2.45, 2.75) is 59.2 Å². The lowest BCUT2D eigenvalue weighted by atomic mass is 10.1. The molecule has 0 saturated carbocycles. The Hall–Kier alpha value is -3.06. The van der Waals surface area contributed by atoms with Crippen LogP contribution in [-0.4, -0.2) is 28.2 Å². The molecule has 0 bridgehead atoms. The highest BCUT2D eigenvalue weighted by atomic mass is 16.5. The van der Waals surface area contributed by atoms with E-state index in [4.69, 9.17) is 14.7 Å². The molecular formula is C23H30N2O5. The van der Waals surface area contributed by atoms with Crippen molar-refractivity contribution >= 4 is 17.5 Å². The van der Waals surface area contributed by atoms with Gasteiger partial charge in [-0.2, -0.15) is 0 Å². The fourth-order valence-electron chi connectivity index (χ4n) is 2.61. The number of carbonyl (C=O) groups is 2. The van der Waals surface area contributed by atoms with E-state index in [1.807, 2.05) is 41.5 Å². The van der Waals surface area contributed by atoms with Gasteiger partial charge in [0.2, 0.25) is 5.91 Å². The van der Waals surface area contributed by atoms with Crippen molar-refractivity contribution in [3.8, 4) is 11.5 Å². The molecule has 2 rings (SSSR count). The average Bonchev–Trinajstić information content (AvgIpc) is 2.62. The van der Waals surface area contributed by atoms with Crippen LogP contribution in [0.3, 0.4) is 0 Å². The number of rotatable bonds is 6. The predicted molar refractivity (Wildman–Crippen MR) is 115 cm³/mol. The topological polar surface area (TPSA) is 96.9 Å². The molecule has 0 aliphatic heterocycles. The predicted octanol–water partition coefficient (Wildman–Crippen LogP) is 4.34. The third kappa shape index (κ3) is 7.40. The smallest absolute Gasteiger partial charge is 0.255 e. The number of hydrogen-bond donors (Lipinski definition) is 3. The molecule has 3 N–H and O–H groups in total. The summed E-state index contributed by atoms with van der Waals surface area (Å²) < 4.78 is 12.0. The Morgan fingerprint density at radius 3 is 1.97 bits per heavy atom. The normalized spacial score (nSPS) is 11.6. The molecule has 0 heterocycles. The van der Waals surface area contributed by atoms with Crippen LogP contribution in [0.1, 0.15) is 57.5 Å². The maximum Gasteiger partial charge on any atom is 0.255 e. The van der Waals surface area contributed by atoms with E-state index in [1.54, 1.807) is 47.9 Å². The van der Waals surface area contributed by atoms with Gasteiger partial charge in [-0.3, -0.25) is 14.8 Å². The minimum Gasteiger partial charge on any atom is -0.484 e. The van der Waals surface area contributed by atoms with E-state index in [2.05, 4.69) is 5.32 Å². The number of hydroxylamine groups is 1. The van der Waals surface area contributed by atoms with Crippen LogP contribution in [0.25, 0.3) is 0 Å². The molecule has 0 aliphatic rings. The Labute approximate surface area is 177 Å². The highest BCUT2D eigenvalue weighted by Crippen LogP contribution is 2.34. The molecule has 0 radical (unpaired) electrons. The minimum atomic E-state index is -0.504. The first-order valence-electron chi connectivity index (χ1n) is 9.71. The molecule has 2 amide bonds. The summed E-state index contributed by atoms with van der Waals surface area (Å²) in [6.45, 7) is 11.6. The number of benzene rings is 2. The molecule has 2 aromatic carbocycles. The summed E-state index contributed by atoms with van der Waals surface area (Å²) in [6.07, 6.45) is 0.0491. The largest absolute Gasteiger partial charge is 0.484 e. The zero-order valence-electron chi connectivity index (χ0n) is 18.3. The summed E-state index contributed by atoms with van der Waals surface area (Å²) in [6, 6.07) is 11.9. The second-order valence-electron chi connectivity index (χ2n) is 8.95. The highest BCUT2D eigenvalue weighted by Gasteiger charge is 2.21. The summed E-state index contributed by atoms with van der Waals surface area (Å²) in [5, 5.41) is 11.4. The molecule has 0 aliphatic carbocycles. The Morgan fingerprint density at radius 1 is 0.867 bits per heavy atom. The monoisotopic (exact) mass is 414 g/mol. The number of amides is 2. The van der Waals surface area contributed by atoms with E-state index < -0.39 is 17.1 Å². The summed E-state index contributed by atoms with van der Waals surface area (Å²) >= 11 is 0. The van der Waals surface area contributed by atoms with Gasteiger partial charge < -0.3 is 14.8 Å². The molecule has 2 aromatic rings. The van der Waals surface area contributed by atoms with Crippen molar-refractivity contribution < 1.29 is 24.3 Å². The maximum atomic E-state index is 12.7. The van der Waals surface area contributed by atoms with Crippen molar-refractivity contribution in [2.24, 2.45) is 0 Å². The summed E-state index contributed by atoms with van der Waals surface area (Å²) in [5.74, 6) is 0.267. The minimum absolute atomic E-state index is 0.0491. The van der Waals surface area contributed by atoms with Crippen molar-refractivity contribution in [2.75, 3.05) is 5.32 Å². The molecule has 0 fully saturated rings. The van der Waals surface area contributed by atoms with Crippen LogP contribution in [-0.2, 0) is 11.2 Å². The number of carbonyl (C=O) groups excluding carboxylic acids is 2. The quantitative estimate of drug-likeness (QED) is 0.483. The fourth-order valence-corrected chi connectivity index (χ4v) is 2.61. The fraction of sp³-hybridized carbons (Fsp3) is 0.391. The second kappa shape index (κ2) is 9.17. The van der Waals surface area contributed by atoms with Gasteiger partial charge in [0.25, 0.3) is 5.91 Å². The highest BCUT2D eigenvalue weighted by molar-refractivity contribution is 6.04. The lowest BCUT2D eigenvalue weighted by Crippen LogP contribution is -2.26. The van der Waals surface area contributed by atoms with Gasteiger partial charge in [-0.1, -0.05) is 12.1 Å². The van der Waals surface area contributed by atoms with Crippen molar-refractivity contribution in [1.29, 1.82) is 0 Å². The first-order chi connectivity index (χ1) is 13.9. The number of ether oxygens (including phenoxy) is 2. The van der Waals surface area contributed by atoms with Crippen LogP contribution in [0, 0.1) is 0 Å². The maximum absolute atomic E-state index is 12.7. The second-order valence-corrected chi connectivity index (χ2v) is 8.95. The summed E-state index contributed by atoms with van der Waals surface area (Å²) in [5.41, 5.74) is 2.45. The first-order valence-corrected chi connectivity index (χ1v) is 9.71. The Bertz CT molecular complexity index is 893. The van der Waals surface area contributed by atoms with Gasteiger partial charge >= 0.3 is 0 Å². The van der Waals surface area contributed by atoms with Crippen LogP contribution in [0.4, 0.5) is 5.69 Å². The van der Waals surface area contributed by atoms with Crippen LogP contribution >= 0.6 is 0 Å². The number of anilines is 1. The first kappa shape index (κ1) is 23.2. The molecule has 30 heavy (non-hydrogen) atoms. The number of nitrogens with one attached hydrogen (secondary N) is 2. The third-order valence-electron chi connectivity index (χ3n) is 3.74. The lowest BCUT2D eigenvalue weighted by Gasteiger charge is -2.27. The van der Waals surface area contributed by atoms with Gasteiger partial charge in [0, 0.05) is 11.3 Å². The lowest BCUT2D eigenvalue weighted by molar-refractivity contribution is -0.128. The molecule has 7 heteroatoms. The van der Waals surface area contributed by atoms with E-state index in [0.29, 0.717) is 28.3 Å². The van der Waals surface area contributed by atoms with Gasteiger partial charge in [0.1, 0.15) is 11.2 Å². The Balaban J connectivity index is 2.20. The van der Waals surface area contributed by atoms with Crippen molar-refractivity contribution in [3.63, 3.8) is 0 Å². The molecular weight excluding hydrogens is 384 g/mol. The Morgan fingerprint density at radius 2 is 1.43 bits per heavy atom. The molecule has 0 atom stereocenters. The molecule has 0 saturated heterocycles. The van der Waals surface area contributed by atoms with Gasteiger partial charge in [-0.05, 0) is 77.4 Å². The molecule has 0 aromatic heterocycles. The van der Waals surface area contributed by atoms with E-state index in [-0.39, 0.29) is 12.3 Å². The van der Waals surface area contributed by atoms with E-state index in [0.717, 1.165) is 0 Å². The van der Waals surface area contributed by atoms with Crippen molar-refractivity contribution in [3.05, 3.63) is 53.6 Å². The van der Waals surface area contributed by atoms with Gasteiger partial charge in [-0.25, -0.2) is 5.48 Å². The molecule has 0 spiro atoms. The number of hydrogen-bond acceptors (Lipinski definition) is 5. The van der Waals surface area contributed by atoms with Gasteiger partial charge in [0.15, 0.2) is 11.5 Å². The summed E-state index contributed by atoms with van der Waals surface area (Å²) in [7, 11) is 0. The standard InChI is InChI=1S/C23H30N2O5/c1-22(2,3)29-18-12-9-16(14-19(18)30-23(4,5)6)21(27)24-17-10-7-15(8-11-17)13-20(26)25-28/h7-12,14,28H,13H2,1-6H3,(H,24,27)(H,25,26). The molecule has 0 unspecified atom stereocenters. The third-order valence-corrected chi connectivity index (χ3v) is 3.74.